The van der Waals surface area contributed by atoms with E-state index in [2.05, 4.69) is 25.7 Å². The van der Waals surface area contributed by atoms with Crippen LogP contribution in [-0.2, 0) is 14.9 Å². The summed E-state index contributed by atoms with van der Waals surface area (Å²) in [6.07, 6.45) is 5.74. The zero-order valence-corrected chi connectivity index (χ0v) is 14.7. The number of amides is 1. The minimum absolute atomic E-state index is 0.217. The minimum Gasteiger partial charge on any atom is -0.307 e. The van der Waals surface area contributed by atoms with Crippen LogP contribution >= 0.6 is 0 Å². The van der Waals surface area contributed by atoms with Gasteiger partial charge in [-0.25, -0.2) is 0 Å². The van der Waals surface area contributed by atoms with Gasteiger partial charge in [0.25, 0.3) is 10.1 Å². The van der Waals surface area contributed by atoms with E-state index in [0.29, 0.717) is 24.1 Å². The number of rotatable bonds is 13. The van der Waals surface area contributed by atoms with Crippen molar-refractivity contribution in [2.75, 3.05) is 32.1 Å². The third-order valence-corrected chi connectivity index (χ3v) is 4.59. The summed E-state index contributed by atoms with van der Waals surface area (Å²) >= 11 is 0. The molecule has 0 radical (unpaired) electrons. The molecule has 0 saturated carbocycles. The molecule has 0 saturated heterocycles. The van der Waals surface area contributed by atoms with Gasteiger partial charge in [0.05, 0.1) is 25.4 Å². The Hall–Kier alpha value is -0.920. The van der Waals surface area contributed by atoms with Crippen LogP contribution in [0.15, 0.2) is 12.7 Å². The molecule has 0 aromatic carbocycles. The predicted molar refractivity (Wildman–Crippen MR) is 88.9 cm³/mol. The van der Waals surface area contributed by atoms with E-state index in [1.807, 2.05) is 0 Å². The molecule has 1 amide bonds. The molecule has 22 heavy (non-hydrogen) atoms. The van der Waals surface area contributed by atoms with Crippen LogP contribution in [0.5, 0.6) is 0 Å². The monoisotopic (exact) mass is 335 g/mol. The van der Waals surface area contributed by atoms with E-state index in [9.17, 15) is 13.2 Å². The van der Waals surface area contributed by atoms with Crippen molar-refractivity contribution in [3.63, 3.8) is 0 Å². The molecule has 7 heteroatoms. The first-order valence-corrected chi connectivity index (χ1v) is 9.60. The summed E-state index contributed by atoms with van der Waals surface area (Å²) < 4.78 is 31.4. The molecule has 6 nitrogen and oxygen atoms in total. The molecule has 0 fully saturated rings. The first-order valence-electron chi connectivity index (χ1n) is 7.99. The van der Waals surface area contributed by atoms with Crippen LogP contribution in [0.3, 0.4) is 0 Å². The van der Waals surface area contributed by atoms with E-state index >= 15 is 0 Å². The van der Waals surface area contributed by atoms with Crippen molar-refractivity contribution >= 4 is 16.0 Å². The second-order valence-corrected chi connectivity index (χ2v) is 7.33. The molecule has 0 aliphatic heterocycles. The van der Waals surface area contributed by atoms with Crippen molar-refractivity contribution in [3.8, 4) is 0 Å². The molecule has 0 heterocycles. The van der Waals surface area contributed by atoms with Crippen LogP contribution < -0.4 is 5.32 Å². The normalized spacial score (nSPS) is 12.1. The lowest BCUT2D eigenvalue weighted by Crippen LogP contribution is -2.56. The van der Waals surface area contributed by atoms with E-state index in [-0.39, 0.29) is 11.7 Å². The lowest BCUT2D eigenvalue weighted by Gasteiger charge is -2.39. The highest BCUT2D eigenvalue weighted by Crippen LogP contribution is 2.13. The Morgan fingerprint density at radius 2 is 1.64 bits per heavy atom. The predicted octanol–water partition coefficient (Wildman–Crippen LogP) is 1.94. The van der Waals surface area contributed by atoms with Gasteiger partial charge in [-0.05, 0) is 18.9 Å². The second-order valence-electron chi connectivity index (χ2n) is 5.76. The number of unbranched alkanes of at least 4 members (excludes halogenated alkanes) is 2. The quantitative estimate of drug-likeness (QED) is 0.233. The summed E-state index contributed by atoms with van der Waals surface area (Å²) in [4.78, 5) is 11.5. The van der Waals surface area contributed by atoms with Crippen molar-refractivity contribution in [1.82, 2.24) is 5.32 Å². The Balaban J connectivity index is 4.89. The minimum atomic E-state index is -3.94. The molecule has 0 aromatic heterocycles. The average molecular weight is 335 g/mol. The van der Waals surface area contributed by atoms with Gasteiger partial charge in [0.1, 0.15) is 0 Å². The number of nitrogens with one attached hydrogen (secondary N) is 1. The van der Waals surface area contributed by atoms with Gasteiger partial charge >= 0.3 is 0 Å². The highest BCUT2D eigenvalue weighted by atomic mass is 32.2. The molecule has 2 N–H and O–H groups in total. The summed E-state index contributed by atoms with van der Waals surface area (Å²) in [5, 5.41) is 2.84. The first-order chi connectivity index (χ1) is 10.3. The maximum Gasteiger partial charge on any atom is 0.265 e. The van der Waals surface area contributed by atoms with Gasteiger partial charge in [-0.3, -0.25) is 9.35 Å². The van der Waals surface area contributed by atoms with E-state index in [4.69, 9.17) is 4.55 Å². The van der Waals surface area contributed by atoms with Crippen LogP contribution in [0.25, 0.3) is 0 Å². The van der Waals surface area contributed by atoms with E-state index in [0.717, 1.165) is 38.8 Å². The van der Waals surface area contributed by atoms with Crippen molar-refractivity contribution in [3.05, 3.63) is 12.7 Å². The topological polar surface area (TPSA) is 83.5 Å². The second kappa shape index (κ2) is 10.7. The number of carbonyl (C=O) groups excluding carboxylic acids is 1. The van der Waals surface area contributed by atoms with Crippen molar-refractivity contribution < 1.29 is 22.2 Å². The zero-order valence-electron chi connectivity index (χ0n) is 13.9. The highest BCUT2D eigenvalue weighted by molar-refractivity contribution is 7.85. The zero-order chi connectivity index (χ0) is 17.1. The number of quaternary nitrogens is 1. The van der Waals surface area contributed by atoms with Gasteiger partial charge < -0.3 is 9.80 Å². The molecule has 130 valence electrons. The van der Waals surface area contributed by atoms with Crippen LogP contribution in [0.1, 0.15) is 46.0 Å². The van der Waals surface area contributed by atoms with Gasteiger partial charge in [-0.1, -0.05) is 33.3 Å². The molecular formula is C15H31N2O4S+. The van der Waals surface area contributed by atoms with Gasteiger partial charge in [-0.15, -0.1) is 0 Å². The van der Waals surface area contributed by atoms with Gasteiger partial charge in [-0.2, -0.15) is 8.42 Å². The Labute approximate surface area is 134 Å². The molecule has 0 unspecified atom stereocenters. The van der Waals surface area contributed by atoms with Crippen molar-refractivity contribution in [2.45, 2.75) is 46.0 Å². The van der Waals surface area contributed by atoms with E-state index < -0.39 is 10.1 Å². The Morgan fingerprint density at radius 3 is 2.05 bits per heavy atom. The summed E-state index contributed by atoms with van der Waals surface area (Å²) in [6.45, 7) is 10.5. The number of hydrogen-bond donors (Lipinski definition) is 2. The standard InChI is InChI=1S/C15H30N2O4S/c1-4-7-10-17(11-8-5-2,14-16-15(18)6-3)12-9-13-22(19,20)21/h6H,3-5,7-14H2,1-2H3,(H-,16,18,19,20,21)/p+1. The lowest BCUT2D eigenvalue weighted by molar-refractivity contribution is -0.930. The summed E-state index contributed by atoms with van der Waals surface area (Å²) in [7, 11) is -3.94. The molecule has 0 bridgehead atoms. The maximum atomic E-state index is 11.5. The van der Waals surface area contributed by atoms with Gasteiger partial charge in [0.15, 0.2) is 6.67 Å². The third kappa shape index (κ3) is 9.92. The van der Waals surface area contributed by atoms with Crippen molar-refractivity contribution in [1.29, 1.82) is 0 Å². The fraction of sp³-hybridized carbons (Fsp3) is 0.800. The smallest absolute Gasteiger partial charge is 0.265 e. The molecule has 0 aliphatic carbocycles. The third-order valence-electron chi connectivity index (χ3n) is 3.78. The van der Waals surface area contributed by atoms with Crippen LogP contribution in [0.2, 0.25) is 0 Å². The highest BCUT2D eigenvalue weighted by Gasteiger charge is 2.27. The molecular weight excluding hydrogens is 304 g/mol. The SMILES string of the molecule is C=CC(=O)NC[N+](CCCC)(CCCC)CCCS(=O)(=O)O. The maximum absolute atomic E-state index is 11.5. The lowest BCUT2D eigenvalue weighted by atomic mass is 10.2. The summed E-state index contributed by atoms with van der Waals surface area (Å²) in [6, 6.07) is 0. The van der Waals surface area contributed by atoms with Crippen LogP contribution in [0, 0.1) is 0 Å². The largest absolute Gasteiger partial charge is 0.307 e. The number of carbonyl (C=O) groups is 1. The van der Waals surface area contributed by atoms with Crippen LogP contribution in [0.4, 0.5) is 0 Å². The summed E-state index contributed by atoms with van der Waals surface area (Å²) in [5.74, 6) is -0.453. The first kappa shape index (κ1) is 21.1. The van der Waals surface area contributed by atoms with Crippen molar-refractivity contribution in [2.24, 2.45) is 0 Å². The molecule has 0 aromatic rings. The Morgan fingerprint density at radius 1 is 1.14 bits per heavy atom. The van der Waals surface area contributed by atoms with E-state index in [1.165, 1.54) is 6.08 Å². The number of hydrogen-bond acceptors (Lipinski definition) is 3. The van der Waals surface area contributed by atoms with Gasteiger partial charge in [0, 0.05) is 6.42 Å². The molecule has 0 atom stereocenters. The van der Waals surface area contributed by atoms with E-state index in [1.54, 1.807) is 0 Å². The molecule has 0 rings (SSSR count). The fourth-order valence-electron chi connectivity index (χ4n) is 2.46. The Kier molecular flexibility index (Phi) is 10.3. The summed E-state index contributed by atoms with van der Waals surface area (Å²) in [5.41, 5.74) is 0. The molecule has 0 spiro atoms. The Bertz CT molecular complexity index is 427. The molecule has 0 aliphatic rings. The van der Waals surface area contributed by atoms with Crippen LogP contribution in [-0.4, -0.2) is 55.4 Å². The number of nitrogens with zero attached hydrogens (tertiary/aromatic N) is 1. The average Bonchev–Trinajstić information content (AvgIpc) is 2.46. The van der Waals surface area contributed by atoms with Gasteiger partial charge in [0.2, 0.25) is 5.91 Å². The fourth-order valence-corrected chi connectivity index (χ4v) is 2.95.